The maximum Gasteiger partial charge on any atom is 0.163 e. The first kappa shape index (κ1) is 18.9. The van der Waals surface area contributed by atoms with E-state index in [0.717, 1.165) is 33.5 Å². The first-order valence-corrected chi connectivity index (χ1v) is 9.80. The second-order valence-corrected chi connectivity index (χ2v) is 7.17. The maximum atomic E-state index is 12.9. The van der Waals surface area contributed by atoms with Gasteiger partial charge in [0, 0.05) is 23.1 Å². The van der Waals surface area contributed by atoms with E-state index in [1.807, 2.05) is 72.8 Å². The average molecular weight is 381 g/mol. The molecule has 3 nitrogen and oxygen atoms in total. The Balaban J connectivity index is 1.61. The molecule has 0 aliphatic carbocycles. The Morgan fingerprint density at radius 3 is 2.34 bits per heavy atom. The standard InChI is InChI=1S/C26H23NO2/c1-29-24-14-15-25-21(17-24)12-13-23(27-25)16-22(19-8-4-2-5-9-19)18-26(28)20-10-6-3-7-11-20/h2-15,17,22H,16,18H2,1H3. The van der Waals surface area contributed by atoms with Crippen LogP contribution in [-0.4, -0.2) is 17.9 Å². The van der Waals surface area contributed by atoms with Gasteiger partial charge in [0.25, 0.3) is 0 Å². The molecule has 0 N–H and O–H groups in total. The number of nitrogens with zero attached hydrogens (tertiary/aromatic N) is 1. The summed E-state index contributed by atoms with van der Waals surface area (Å²) >= 11 is 0. The number of ketones is 1. The summed E-state index contributed by atoms with van der Waals surface area (Å²) in [5.41, 5.74) is 3.84. The fraction of sp³-hybridized carbons (Fsp3) is 0.154. The van der Waals surface area contributed by atoms with Crippen molar-refractivity contribution in [2.75, 3.05) is 7.11 Å². The van der Waals surface area contributed by atoms with Gasteiger partial charge >= 0.3 is 0 Å². The molecule has 1 heterocycles. The highest BCUT2D eigenvalue weighted by molar-refractivity contribution is 5.96. The monoisotopic (exact) mass is 381 g/mol. The molecule has 3 aromatic carbocycles. The number of Topliss-reactive ketones (excluding diaryl/α,β-unsaturated/α-hetero) is 1. The van der Waals surface area contributed by atoms with Gasteiger partial charge in [-0.3, -0.25) is 9.78 Å². The van der Waals surface area contributed by atoms with Gasteiger partial charge in [-0.1, -0.05) is 66.7 Å². The molecule has 4 rings (SSSR count). The third-order valence-corrected chi connectivity index (χ3v) is 5.21. The van der Waals surface area contributed by atoms with E-state index < -0.39 is 0 Å². The molecular formula is C26H23NO2. The van der Waals surface area contributed by atoms with Gasteiger partial charge < -0.3 is 4.74 Å². The lowest BCUT2D eigenvalue weighted by molar-refractivity contribution is 0.0973. The molecule has 0 fully saturated rings. The van der Waals surface area contributed by atoms with E-state index in [4.69, 9.17) is 9.72 Å². The van der Waals surface area contributed by atoms with Crippen LogP contribution in [0.2, 0.25) is 0 Å². The van der Waals surface area contributed by atoms with Gasteiger partial charge in [0.1, 0.15) is 5.75 Å². The molecule has 0 aliphatic rings. The van der Waals surface area contributed by atoms with Gasteiger partial charge in [-0.25, -0.2) is 0 Å². The van der Waals surface area contributed by atoms with E-state index in [0.29, 0.717) is 12.8 Å². The van der Waals surface area contributed by atoms with Gasteiger partial charge in [-0.2, -0.15) is 0 Å². The highest BCUT2D eigenvalue weighted by Crippen LogP contribution is 2.27. The molecule has 0 bridgehead atoms. The zero-order valence-electron chi connectivity index (χ0n) is 16.4. The van der Waals surface area contributed by atoms with Crippen LogP contribution in [0, 0.1) is 0 Å². The molecule has 1 atom stereocenters. The molecule has 0 amide bonds. The Kier molecular flexibility index (Phi) is 5.66. The first-order valence-electron chi connectivity index (χ1n) is 9.80. The third kappa shape index (κ3) is 4.52. The number of fused-ring (bicyclic) bond motifs is 1. The van der Waals surface area contributed by atoms with Gasteiger partial charge in [-0.15, -0.1) is 0 Å². The lowest BCUT2D eigenvalue weighted by Crippen LogP contribution is -2.11. The lowest BCUT2D eigenvalue weighted by Gasteiger charge is -2.17. The third-order valence-electron chi connectivity index (χ3n) is 5.21. The number of pyridine rings is 1. The van der Waals surface area contributed by atoms with Crippen molar-refractivity contribution >= 4 is 16.7 Å². The number of methoxy groups -OCH3 is 1. The van der Waals surface area contributed by atoms with Crippen molar-refractivity contribution in [2.45, 2.75) is 18.8 Å². The van der Waals surface area contributed by atoms with E-state index >= 15 is 0 Å². The van der Waals surface area contributed by atoms with Gasteiger partial charge in [-0.05, 0) is 42.2 Å². The minimum atomic E-state index is 0.0760. The average Bonchev–Trinajstić information content (AvgIpc) is 2.79. The molecule has 0 saturated carbocycles. The fourth-order valence-corrected chi connectivity index (χ4v) is 3.64. The predicted octanol–water partition coefficient (Wildman–Crippen LogP) is 5.84. The Morgan fingerprint density at radius 2 is 1.62 bits per heavy atom. The number of carbonyl (C=O) groups is 1. The topological polar surface area (TPSA) is 39.2 Å². The Labute approximate surface area is 171 Å². The summed E-state index contributed by atoms with van der Waals surface area (Å²) < 4.78 is 5.30. The quantitative estimate of drug-likeness (QED) is 0.377. The smallest absolute Gasteiger partial charge is 0.163 e. The maximum absolute atomic E-state index is 12.9. The van der Waals surface area contributed by atoms with Crippen molar-refractivity contribution in [3.05, 3.63) is 108 Å². The summed E-state index contributed by atoms with van der Waals surface area (Å²) in [5, 5.41) is 1.05. The number of rotatable bonds is 7. The summed E-state index contributed by atoms with van der Waals surface area (Å²) in [6, 6.07) is 29.7. The van der Waals surface area contributed by atoms with Crippen LogP contribution >= 0.6 is 0 Å². The zero-order chi connectivity index (χ0) is 20.1. The lowest BCUT2D eigenvalue weighted by atomic mass is 9.87. The Hall–Kier alpha value is -3.46. The summed E-state index contributed by atoms with van der Waals surface area (Å²) in [7, 11) is 1.66. The predicted molar refractivity (Wildman–Crippen MR) is 117 cm³/mol. The summed E-state index contributed by atoms with van der Waals surface area (Å²) in [4.78, 5) is 17.7. The van der Waals surface area contributed by atoms with Crippen molar-refractivity contribution < 1.29 is 9.53 Å². The highest BCUT2D eigenvalue weighted by atomic mass is 16.5. The van der Waals surface area contributed by atoms with Crippen molar-refractivity contribution in [1.82, 2.24) is 4.98 Å². The number of ether oxygens (including phenoxy) is 1. The normalized spacial score (nSPS) is 11.9. The van der Waals surface area contributed by atoms with Gasteiger partial charge in [0.2, 0.25) is 0 Å². The minimum absolute atomic E-state index is 0.0760. The molecule has 0 radical (unpaired) electrons. The number of carbonyl (C=O) groups excluding carboxylic acids is 1. The van der Waals surface area contributed by atoms with Gasteiger partial charge in [0.05, 0.1) is 12.6 Å². The number of aromatic nitrogens is 1. The van der Waals surface area contributed by atoms with E-state index in [2.05, 4.69) is 18.2 Å². The van der Waals surface area contributed by atoms with Crippen LogP contribution in [0.1, 0.15) is 34.0 Å². The minimum Gasteiger partial charge on any atom is -0.497 e. The Morgan fingerprint density at radius 1 is 0.897 bits per heavy atom. The molecule has 144 valence electrons. The van der Waals surface area contributed by atoms with Crippen LogP contribution in [0.5, 0.6) is 5.75 Å². The molecule has 0 saturated heterocycles. The summed E-state index contributed by atoms with van der Waals surface area (Å²) in [6.07, 6.45) is 1.17. The number of hydrogen-bond acceptors (Lipinski definition) is 3. The van der Waals surface area contributed by atoms with Gasteiger partial charge in [0.15, 0.2) is 5.78 Å². The summed E-state index contributed by atoms with van der Waals surface area (Å²) in [6.45, 7) is 0. The van der Waals surface area contributed by atoms with E-state index in [1.165, 1.54) is 0 Å². The van der Waals surface area contributed by atoms with Crippen LogP contribution in [-0.2, 0) is 6.42 Å². The first-order chi connectivity index (χ1) is 14.2. The second-order valence-electron chi connectivity index (χ2n) is 7.17. The summed E-state index contributed by atoms with van der Waals surface area (Å²) in [5.74, 6) is 1.06. The van der Waals surface area contributed by atoms with Crippen molar-refractivity contribution in [3.8, 4) is 5.75 Å². The van der Waals surface area contributed by atoms with Crippen LogP contribution in [0.15, 0.2) is 91.0 Å². The van der Waals surface area contributed by atoms with Crippen LogP contribution in [0.25, 0.3) is 10.9 Å². The van der Waals surface area contributed by atoms with Crippen molar-refractivity contribution in [3.63, 3.8) is 0 Å². The molecule has 0 spiro atoms. The zero-order valence-corrected chi connectivity index (χ0v) is 16.4. The second kappa shape index (κ2) is 8.70. The fourth-order valence-electron chi connectivity index (χ4n) is 3.64. The van der Waals surface area contributed by atoms with Crippen LogP contribution < -0.4 is 4.74 Å². The van der Waals surface area contributed by atoms with E-state index in [9.17, 15) is 4.79 Å². The molecule has 29 heavy (non-hydrogen) atoms. The number of hydrogen-bond donors (Lipinski definition) is 0. The molecule has 1 unspecified atom stereocenters. The van der Waals surface area contributed by atoms with Crippen molar-refractivity contribution in [2.24, 2.45) is 0 Å². The van der Waals surface area contributed by atoms with Crippen LogP contribution in [0.3, 0.4) is 0 Å². The molecule has 1 aromatic heterocycles. The molecule has 4 aromatic rings. The number of benzene rings is 3. The highest BCUT2D eigenvalue weighted by Gasteiger charge is 2.18. The van der Waals surface area contributed by atoms with E-state index in [-0.39, 0.29) is 11.7 Å². The van der Waals surface area contributed by atoms with Crippen molar-refractivity contribution in [1.29, 1.82) is 0 Å². The van der Waals surface area contributed by atoms with E-state index in [1.54, 1.807) is 7.11 Å². The molecule has 3 heteroatoms. The molecular weight excluding hydrogens is 358 g/mol. The Bertz CT molecular complexity index is 1110. The van der Waals surface area contributed by atoms with Crippen LogP contribution in [0.4, 0.5) is 0 Å². The largest absolute Gasteiger partial charge is 0.497 e. The molecule has 0 aliphatic heterocycles. The SMILES string of the molecule is COc1ccc2nc(CC(CC(=O)c3ccccc3)c3ccccc3)ccc2c1.